The zero-order chi connectivity index (χ0) is 20.7. The first kappa shape index (κ1) is 18.8. The Balaban J connectivity index is 1.49. The van der Waals surface area contributed by atoms with Crippen molar-refractivity contribution in [2.24, 2.45) is 0 Å². The molecule has 5 rings (SSSR count). The van der Waals surface area contributed by atoms with Crippen LogP contribution in [0.25, 0.3) is 22.3 Å². The minimum absolute atomic E-state index is 0.0218. The number of fused-ring (bicyclic) bond motifs is 1. The number of carbonyl (C=O) groups excluding carboxylic acids is 1. The number of H-pyrrole nitrogens is 2. The highest BCUT2D eigenvalue weighted by Gasteiger charge is 2.31. The summed E-state index contributed by atoms with van der Waals surface area (Å²) in [6, 6.07) is 7.86. The van der Waals surface area contributed by atoms with Crippen molar-refractivity contribution in [2.45, 2.75) is 6.04 Å². The molecule has 1 fully saturated rings. The van der Waals surface area contributed by atoms with Crippen LogP contribution in [-0.4, -0.2) is 50.7 Å². The Hall–Kier alpha value is -3.23. The fourth-order valence-corrected chi connectivity index (χ4v) is 3.92. The Bertz CT molecular complexity index is 1220. The maximum absolute atomic E-state index is 13.6. The standard InChI is InChI=1S/C21H17ClFN5O2/c22-16-7-12(1-3-17(16)23)19-11-30-6-5-28(19)21(29)15-10-24-20-14(15)2-4-18(27-20)13-8-25-26-9-13/h1-4,7-10,19H,5-6,11H2,(H,24,27)(H,25,26)/t19-/m1/s1. The Morgan fingerprint density at radius 3 is 2.97 bits per heavy atom. The number of amides is 1. The molecule has 0 saturated carbocycles. The van der Waals surface area contributed by atoms with Gasteiger partial charge in [0, 0.05) is 29.9 Å². The molecule has 0 bridgehead atoms. The van der Waals surface area contributed by atoms with Gasteiger partial charge < -0.3 is 14.6 Å². The zero-order valence-electron chi connectivity index (χ0n) is 15.7. The molecule has 0 aliphatic carbocycles. The summed E-state index contributed by atoms with van der Waals surface area (Å²) in [6.45, 7) is 1.17. The zero-order valence-corrected chi connectivity index (χ0v) is 16.5. The lowest BCUT2D eigenvalue weighted by atomic mass is 10.0. The van der Waals surface area contributed by atoms with Gasteiger partial charge >= 0.3 is 0 Å². The molecule has 1 aliphatic heterocycles. The molecule has 4 aromatic rings. The van der Waals surface area contributed by atoms with Crippen LogP contribution < -0.4 is 0 Å². The van der Waals surface area contributed by atoms with Crippen molar-refractivity contribution in [1.29, 1.82) is 0 Å². The normalized spacial score (nSPS) is 16.9. The third-order valence-electron chi connectivity index (χ3n) is 5.28. The second kappa shape index (κ2) is 7.55. The van der Waals surface area contributed by atoms with Crippen LogP contribution in [0.1, 0.15) is 22.0 Å². The van der Waals surface area contributed by atoms with E-state index in [0.29, 0.717) is 31.0 Å². The fraction of sp³-hybridized carbons (Fsp3) is 0.190. The van der Waals surface area contributed by atoms with Crippen molar-refractivity contribution in [2.75, 3.05) is 19.8 Å². The molecule has 9 heteroatoms. The molecule has 3 aromatic heterocycles. The first-order chi connectivity index (χ1) is 14.6. The average Bonchev–Trinajstić information content (AvgIpc) is 3.45. The maximum Gasteiger partial charge on any atom is 0.256 e. The van der Waals surface area contributed by atoms with E-state index in [1.54, 1.807) is 35.6 Å². The topological polar surface area (TPSA) is 86.9 Å². The molecule has 1 aliphatic rings. The van der Waals surface area contributed by atoms with Crippen LogP contribution in [0.15, 0.2) is 48.9 Å². The second-order valence-electron chi connectivity index (χ2n) is 7.04. The van der Waals surface area contributed by atoms with Gasteiger partial charge in [-0.05, 0) is 29.8 Å². The van der Waals surface area contributed by atoms with Gasteiger partial charge in [-0.2, -0.15) is 5.10 Å². The first-order valence-electron chi connectivity index (χ1n) is 9.43. The van der Waals surface area contributed by atoms with Gasteiger partial charge in [0.2, 0.25) is 0 Å². The van der Waals surface area contributed by atoms with Crippen LogP contribution in [0.4, 0.5) is 4.39 Å². The van der Waals surface area contributed by atoms with E-state index >= 15 is 0 Å². The number of nitrogens with zero attached hydrogens (tertiary/aromatic N) is 3. The molecule has 2 N–H and O–H groups in total. The van der Waals surface area contributed by atoms with E-state index < -0.39 is 5.82 Å². The molecule has 30 heavy (non-hydrogen) atoms. The number of nitrogens with one attached hydrogen (secondary N) is 2. The fourth-order valence-electron chi connectivity index (χ4n) is 3.73. The number of ether oxygens (including phenoxy) is 1. The predicted molar refractivity (Wildman–Crippen MR) is 110 cm³/mol. The molecule has 152 valence electrons. The number of aromatic amines is 2. The third-order valence-corrected chi connectivity index (χ3v) is 5.57. The van der Waals surface area contributed by atoms with Crippen LogP contribution in [0.2, 0.25) is 5.02 Å². The van der Waals surface area contributed by atoms with E-state index in [9.17, 15) is 9.18 Å². The largest absolute Gasteiger partial charge is 0.377 e. The van der Waals surface area contributed by atoms with Gasteiger partial charge in [-0.3, -0.25) is 9.89 Å². The summed E-state index contributed by atoms with van der Waals surface area (Å²) in [5.74, 6) is -0.640. The van der Waals surface area contributed by atoms with E-state index in [0.717, 1.165) is 22.2 Å². The van der Waals surface area contributed by atoms with Crippen LogP contribution in [0.5, 0.6) is 0 Å². The van der Waals surface area contributed by atoms with Crippen molar-refractivity contribution < 1.29 is 13.9 Å². The van der Waals surface area contributed by atoms with E-state index in [2.05, 4.69) is 20.2 Å². The van der Waals surface area contributed by atoms with Gasteiger partial charge in [0.25, 0.3) is 5.91 Å². The smallest absolute Gasteiger partial charge is 0.256 e. The molecular weight excluding hydrogens is 409 g/mol. The maximum atomic E-state index is 13.6. The molecule has 1 saturated heterocycles. The molecule has 0 unspecified atom stereocenters. The Kier molecular flexibility index (Phi) is 4.72. The first-order valence-corrected chi connectivity index (χ1v) is 9.80. The minimum Gasteiger partial charge on any atom is -0.377 e. The SMILES string of the molecule is O=C(c1c[nH]c2nc(-c3cn[nH]c3)ccc12)N1CCOC[C@@H]1c1ccc(F)c(Cl)c1. The number of hydrogen-bond donors (Lipinski definition) is 2. The number of hydrogen-bond acceptors (Lipinski definition) is 4. The van der Waals surface area contributed by atoms with Crippen molar-refractivity contribution in [1.82, 2.24) is 25.1 Å². The Morgan fingerprint density at radius 1 is 1.27 bits per heavy atom. The molecule has 0 spiro atoms. The Morgan fingerprint density at radius 2 is 2.17 bits per heavy atom. The van der Waals surface area contributed by atoms with Crippen molar-refractivity contribution in [3.8, 4) is 11.3 Å². The van der Waals surface area contributed by atoms with E-state index in [1.165, 1.54) is 6.07 Å². The minimum atomic E-state index is -0.494. The number of benzene rings is 1. The summed E-state index contributed by atoms with van der Waals surface area (Å²) in [7, 11) is 0. The number of halogens is 2. The Labute approximate surface area is 175 Å². The van der Waals surface area contributed by atoms with E-state index in [4.69, 9.17) is 16.3 Å². The van der Waals surface area contributed by atoms with Gasteiger partial charge in [0.15, 0.2) is 0 Å². The second-order valence-corrected chi connectivity index (χ2v) is 7.45. The number of pyridine rings is 1. The summed E-state index contributed by atoms with van der Waals surface area (Å²) in [5, 5.41) is 7.46. The third kappa shape index (κ3) is 3.24. The van der Waals surface area contributed by atoms with Gasteiger partial charge in [-0.25, -0.2) is 9.37 Å². The molecule has 1 aromatic carbocycles. The van der Waals surface area contributed by atoms with Gasteiger partial charge in [0.1, 0.15) is 11.5 Å². The van der Waals surface area contributed by atoms with Crippen LogP contribution >= 0.6 is 11.6 Å². The number of aromatic nitrogens is 4. The lowest BCUT2D eigenvalue weighted by Gasteiger charge is -2.36. The lowest BCUT2D eigenvalue weighted by Crippen LogP contribution is -2.43. The summed E-state index contributed by atoms with van der Waals surface area (Å²) >= 11 is 5.96. The summed E-state index contributed by atoms with van der Waals surface area (Å²) < 4.78 is 19.2. The van der Waals surface area contributed by atoms with Crippen LogP contribution in [0, 0.1) is 5.82 Å². The predicted octanol–water partition coefficient (Wildman–Crippen LogP) is 3.96. The van der Waals surface area contributed by atoms with Gasteiger partial charge in [-0.1, -0.05) is 17.7 Å². The van der Waals surface area contributed by atoms with Gasteiger partial charge in [-0.15, -0.1) is 0 Å². The molecular formula is C21H17ClFN5O2. The van der Waals surface area contributed by atoms with Crippen LogP contribution in [-0.2, 0) is 4.74 Å². The van der Waals surface area contributed by atoms with Crippen molar-refractivity contribution >= 4 is 28.5 Å². The van der Waals surface area contributed by atoms with Crippen molar-refractivity contribution in [3.63, 3.8) is 0 Å². The summed E-state index contributed by atoms with van der Waals surface area (Å²) in [6.07, 6.45) is 5.12. The molecule has 1 atom stereocenters. The van der Waals surface area contributed by atoms with E-state index in [1.807, 2.05) is 12.1 Å². The van der Waals surface area contributed by atoms with E-state index in [-0.39, 0.29) is 17.0 Å². The average molecular weight is 426 g/mol. The number of rotatable bonds is 3. The van der Waals surface area contributed by atoms with Crippen molar-refractivity contribution in [3.05, 3.63) is 70.9 Å². The molecule has 0 radical (unpaired) electrons. The molecule has 7 nitrogen and oxygen atoms in total. The highest BCUT2D eigenvalue weighted by Crippen LogP contribution is 2.30. The van der Waals surface area contributed by atoms with Gasteiger partial charge in [0.05, 0.1) is 41.7 Å². The lowest BCUT2D eigenvalue weighted by molar-refractivity contribution is -0.00260. The quantitative estimate of drug-likeness (QED) is 0.520. The number of carbonyl (C=O) groups is 1. The summed E-state index contributed by atoms with van der Waals surface area (Å²) in [5.41, 5.74) is 3.49. The summed E-state index contributed by atoms with van der Waals surface area (Å²) in [4.78, 5) is 22.8. The highest BCUT2D eigenvalue weighted by atomic mass is 35.5. The molecule has 1 amide bonds. The monoisotopic (exact) mass is 425 g/mol. The highest BCUT2D eigenvalue weighted by molar-refractivity contribution is 6.30. The molecule has 4 heterocycles. The number of morpholine rings is 1. The van der Waals surface area contributed by atoms with Crippen LogP contribution in [0.3, 0.4) is 0 Å².